The van der Waals surface area contributed by atoms with Crippen LogP contribution < -0.4 is 0 Å². The number of aliphatic hydroxyl groups is 1. The first kappa shape index (κ1) is 13.7. The molecule has 0 bridgehead atoms. The van der Waals surface area contributed by atoms with Crippen molar-refractivity contribution in [1.82, 2.24) is 9.55 Å². The molecule has 1 heterocycles. The molecule has 1 aromatic heterocycles. The minimum absolute atomic E-state index is 0. The van der Waals surface area contributed by atoms with E-state index in [1.165, 1.54) is 5.56 Å². The van der Waals surface area contributed by atoms with Crippen LogP contribution in [0.3, 0.4) is 0 Å². The average molecular weight is 253 g/mol. The third-order valence-electron chi connectivity index (χ3n) is 2.59. The minimum atomic E-state index is -0.311. The highest BCUT2D eigenvalue weighted by Gasteiger charge is 2.04. The molecule has 1 unspecified atom stereocenters. The Bertz CT molecular complexity index is 403. The lowest BCUT2D eigenvalue weighted by molar-refractivity contribution is 0.144. The number of aryl methyl sites for hydroxylation is 1. The van der Waals surface area contributed by atoms with Crippen LogP contribution in [0.15, 0.2) is 49.1 Å². The monoisotopic (exact) mass is 252 g/mol. The summed E-state index contributed by atoms with van der Waals surface area (Å²) in [5.41, 5.74) is 1.27. The molecule has 92 valence electrons. The Balaban J connectivity index is 0.00000144. The summed E-state index contributed by atoms with van der Waals surface area (Å²) < 4.78 is 1.90. The van der Waals surface area contributed by atoms with Crippen molar-refractivity contribution in [1.29, 1.82) is 0 Å². The minimum Gasteiger partial charge on any atom is -0.391 e. The number of nitrogens with zero attached hydrogens (tertiary/aromatic N) is 2. The summed E-state index contributed by atoms with van der Waals surface area (Å²) in [5, 5.41) is 9.83. The lowest BCUT2D eigenvalue weighted by Crippen LogP contribution is -2.15. The Labute approximate surface area is 108 Å². The summed E-state index contributed by atoms with van der Waals surface area (Å²) >= 11 is 0. The standard InChI is InChI=1S/C13H16N2O.ClH/c16-13(10-15-9-8-14-11-15)7-6-12-4-2-1-3-5-12;/h1-5,8-9,11,13,16H,6-7,10H2;1H. The predicted octanol–water partition coefficient (Wildman–Crippen LogP) is 2.30. The van der Waals surface area contributed by atoms with Gasteiger partial charge < -0.3 is 9.67 Å². The van der Waals surface area contributed by atoms with Crippen LogP contribution in [0.2, 0.25) is 0 Å². The summed E-state index contributed by atoms with van der Waals surface area (Å²) in [7, 11) is 0. The third kappa shape index (κ3) is 4.59. The van der Waals surface area contributed by atoms with Crippen LogP contribution in [0.4, 0.5) is 0 Å². The highest BCUT2D eigenvalue weighted by molar-refractivity contribution is 5.85. The maximum Gasteiger partial charge on any atom is 0.0946 e. The van der Waals surface area contributed by atoms with E-state index in [4.69, 9.17) is 0 Å². The van der Waals surface area contributed by atoms with Crippen LogP contribution in [0.5, 0.6) is 0 Å². The van der Waals surface area contributed by atoms with Crippen LogP contribution >= 0.6 is 12.4 Å². The van der Waals surface area contributed by atoms with Gasteiger partial charge in [-0.3, -0.25) is 0 Å². The Hall–Kier alpha value is -1.32. The number of imidazole rings is 1. The van der Waals surface area contributed by atoms with Crippen molar-refractivity contribution >= 4 is 12.4 Å². The van der Waals surface area contributed by atoms with Gasteiger partial charge in [-0.25, -0.2) is 4.98 Å². The molecule has 0 aliphatic rings. The van der Waals surface area contributed by atoms with Crippen LogP contribution in [-0.2, 0) is 13.0 Å². The van der Waals surface area contributed by atoms with E-state index in [0.717, 1.165) is 12.8 Å². The van der Waals surface area contributed by atoms with E-state index in [9.17, 15) is 5.11 Å². The van der Waals surface area contributed by atoms with Gasteiger partial charge in [-0.1, -0.05) is 30.3 Å². The molecule has 4 heteroatoms. The molecule has 3 nitrogen and oxygen atoms in total. The van der Waals surface area contributed by atoms with Crippen molar-refractivity contribution in [2.75, 3.05) is 0 Å². The molecule has 0 amide bonds. The number of aromatic nitrogens is 2. The first-order valence-electron chi connectivity index (χ1n) is 5.52. The lowest BCUT2D eigenvalue weighted by Gasteiger charge is -2.10. The van der Waals surface area contributed by atoms with Crippen molar-refractivity contribution in [3.8, 4) is 0 Å². The average Bonchev–Trinajstić information content (AvgIpc) is 2.81. The molecule has 17 heavy (non-hydrogen) atoms. The van der Waals surface area contributed by atoms with E-state index in [-0.39, 0.29) is 18.5 Å². The van der Waals surface area contributed by atoms with Gasteiger partial charge >= 0.3 is 0 Å². The van der Waals surface area contributed by atoms with Crippen molar-refractivity contribution in [3.63, 3.8) is 0 Å². The van der Waals surface area contributed by atoms with Gasteiger partial charge in [0.15, 0.2) is 0 Å². The normalized spacial score (nSPS) is 11.8. The highest BCUT2D eigenvalue weighted by atomic mass is 35.5. The number of hydrogen-bond acceptors (Lipinski definition) is 2. The van der Waals surface area contributed by atoms with E-state index < -0.39 is 0 Å². The Morgan fingerprint density at radius 1 is 1.24 bits per heavy atom. The SMILES string of the molecule is Cl.OC(CCc1ccccc1)Cn1ccnc1. The van der Waals surface area contributed by atoms with Gasteiger partial charge in [0, 0.05) is 18.9 Å². The van der Waals surface area contributed by atoms with E-state index in [1.54, 1.807) is 12.5 Å². The first-order valence-corrected chi connectivity index (χ1v) is 5.52. The molecule has 0 radical (unpaired) electrons. The van der Waals surface area contributed by atoms with Gasteiger partial charge in [0.05, 0.1) is 12.4 Å². The van der Waals surface area contributed by atoms with Gasteiger partial charge in [-0.05, 0) is 18.4 Å². The molecule has 0 spiro atoms. The van der Waals surface area contributed by atoms with Crippen molar-refractivity contribution < 1.29 is 5.11 Å². The molecule has 1 atom stereocenters. The molecule has 2 aromatic rings. The summed E-state index contributed by atoms with van der Waals surface area (Å²) in [5.74, 6) is 0. The van der Waals surface area contributed by atoms with E-state index in [0.29, 0.717) is 6.54 Å². The molecular weight excluding hydrogens is 236 g/mol. The second-order valence-corrected chi connectivity index (χ2v) is 3.94. The molecule has 0 aliphatic heterocycles. The number of benzene rings is 1. The second kappa shape index (κ2) is 7.09. The smallest absolute Gasteiger partial charge is 0.0946 e. The van der Waals surface area contributed by atoms with Crippen LogP contribution in [-0.4, -0.2) is 20.8 Å². The molecule has 0 fully saturated rings. The van der Waals surface area contributed by atoms with Crippen LogP contribution in [0.25, 0.3) is 0 Å². The molecule has 0 aliphatic carbocycles. The van der Waals surface area contributed by atoms with Crippen molar-refractivity contribution in [2.45, 2.75) is 25.5 Å². The molecule has 0 saturated heterocycles. The largest absolute Gasteiger partial charge is 0.391 e. The first-order chi connectivity index (χ1) is 7.84. The number of halogens is 1. The van der Waals surface area contributed by atoms with Crippen molar-refractivity contribution in [2.24, 2.45) is 0 Å². The zero-order valence-electron chi connectivity index (χ0n) is 9.57. The maximum atomic E-state index is 9.83. The van der Waals surface area contributed by atoms with Gasteiger partial charge in [0.2, 0.25) is 0 Å². The fourth-order valence-electron chi connectivity index (χ4n) is 1.71. The number of hydrogen-bond donors (Lipinski definition) is 1. The number of aliphatic hydroxyl groups excluding tert-OH is 1. The third-order valence-corrected chi connectivity index (χ3v) is 2.59. The molecule has 2 rings (SSSR count). The quantitative estimate of drug-likeness (QED) is 0.887. The van der Waals surface area contributed by atoms with Crippen LogP contribution in [0.1, 0.15) is 12.0 Å². The van der Waals surface area contributed by atoms with Gasteiger partial charge in [0.1, 0.15) is 0 Å². The van der Waals surface area contributed by atoms with Crippen molar-refractivity contribution in [3.05, 3.63) is 54.6 Å². The van der Waals surface area contributed by atoms with E-state index in [1.807, 2.05) is 29.0 Å². The fraction of sp³-hybridized carbons (Fsp3) is 0.308. The lowest BCUT2D eigenvalue weighted by atomic mass is 10.1. The molecule has 1 N–H and O–H groups in total. The van der Waals surface area contributed by atoms with Crippen LogP contribution in [0, 0.1) is 0 Å². The topological polar surface area (TPSA) is 38.0 Å². The second-order valence-electron chi connectivity index (χ2n) is 3.94. The maximum absolute atomic E-state index is 9.83. The number of rotatable bonds is 5. The van der Waals surface area contributed by atoms with E-state index >= 15 is 0 Å². The summed E-state index contributed by atoms with van der Waals surface area (Å²) in [6.45, 7) is 0.618. The zero-order chi connectivity index (χ0) is 11.2. The van der Waals surface area contributed by atoms with Gasteiger partial charge in [-0.15, -0.1) is 12.4 Å². The molecular formula is C13H17ClN2O. The zero-order valence-corrected chi connectivity index (χ0v) is 10.4. The van der Waals surface area contributed by atoms with E-state index in [2.05, 4.69) is 17.1 Å². The van der Waals surface area contributed by atoms with Gasteiger partial charge in [-0.2, -0.15) is 0 Å². The van der Waals surface area contributed by atoms with Gasteiger partial charge in [0.25, 0.3) is 0 Å². The Kier molecular flexibility index (Phi) is 5.73. The summed E-state index contributed by atoms with van der Waals surface area (Å²) in [4.78, 5) is 3.95. The summed E-state index contributed by atoms with van der Waals surface area (Å²) in [6.07, 6.45) is 6.70. The molecule has 0 saturated carbocycles. The highest BCUT2D eigenvalue weighted by Crippen LogP contribution is 2.06. The predicted molar refractivity (Wildman–Crippen MR) is 70.2 cm³/mol. The Morgan fingerprint density at radius 2 is 2.00 bits per heavy atom. The summed E-state index contributed by atoms with van der Waals surface area (Å²) in [6, 6.07) is 10.2. The fourth-order valence-corrected chi connectivity index (χ4v) is 1.71. The Morgan fingerprint density at radius 3 is 2.65 bits per heavy atom. The molecule has 1 aromatic carbocycles.